The Morgan fingerprint density at radius 1 is 1.26 bits per heavy atom. The van der Waals surface area contributed by atoms with Gasteiger partial charge in [-0.25, -0.2) is 0 Å². The molecule has 3 nitrogen and oxygen atoms in total. The van der Waals surface area contributed by atoms with Crippen LogP contribution in [-0.4, -0.2) is 18.5 Å². The van der Waals surface area contributed by atoms with Gasteiger partial charge in [-0.2, -0.15) is 0 Å². The highest BCUT2D eigenvalue weighted by Crippen LogP contribution is 2.31. The number of para-hydroxylation sites is 1. The van der Waals surface area contributed by atoms with E-state index in [1.54, 1.807) is 6.07 Å². The first-order valence-corrected chi connectivity index (χ1v) is 7.26. The van der Waals surface area contributed by atoms with Crippen LogP contribution in [0.25, 0.3) is 0 Å². The third-order valence-corrected chi connectivity index (χ3v) is 4.32. The van der Waals surface area contributed by atoms with E-state index in [0.717, 1.165) is 12.8 Å². The third-order valence-electron chi connectivity index (χ3n) is 3.99. The van der Waals surface area contributed by atoms with E-state index in [1.165, 1.54) is 19.3 Å². The molecule has 1 fully saturated rings. The molecule has 0 spiro atoms. The molecule has 0 aromatic heterocycles. The van der Waals surface area contributed by atoms with Crippen LogP contribution in [0.2, 0.25) is 5.02 Å². The van der Waals surface area contributed by atoms with Crippen molar-refractivity contribution in [1.82, 2.24) is 5.32 Å². The maximum atomic E-state index is 12.2. The number of carbonyl (C=O) groups excluding carboxylic acids is 1. The van der Waals surface area contributed by atoms with Crippen LogP contribution in [0.5, 0.6) is 0 Å². The van der Waals surface area contributed by atoms with Gasteiger partial charge in [-0.1, -0.05) is 43.0 Å². The van der Waals surface area contributed by atoms with Gasteiger partial charge < -0.3 is 10.6 Å². The molecule has 0 heterocycles. The standard InChI is InChI=1S/C15H21ClN2O/c1-17-15(9-5-2-6-10-15)11-14(19)18-13-8-4-3-7-12(13)16/h3-4,7-8,17H,2,5-6,9-11H2,1H3,(H,18,19). The van der Waals surface area contributed by atoms with Gasteiger partial charge in [0.25, 0.3) is 0 Å². The predicted molar refractivity (Wildman–Crippen MR) is 79.6 cm³/mol. The second kappa shape index (κ2) is 6.40. The van der Waals surface area contributed by atoms with E-state index in [4.69, 9.17) is 11.6 Å². The normalized spacial score (nSPS) is 18.0. The molecule has 1 saturated carbocycles. The Bertz CT molecular complexity index is 442. The minimum Gasteiger partial charge on any atom is -0.325 e. The van der Waals surface area contributed by atoms with Crippen LogP contribution in [0, 0.1) is 0 Å². The number of rotatable bonds is 4. The second-order valence-corrected chi connectivity index (χ2v) is 5.70. The van der Waals surface area contributed by atoms with Gasteiger partial charge in [0.15, 0.2) is 0 Å². The molecule has 0 radical (unpaired) electrons. The van der Waals surface area contributed by atoms with Crippen LogP contribution in [0.3, 0.4) is 0 Å². The predicted octanol–water partition coefficient (Wildman–Crippen LogP) is 3.59. The number of nitrogens with one attached hydrogen (secondary N) is 2. The first-order valence-electron chi connectivity index (χ1n) is 6.88. The number of carbonyl (C=O) groups is 1. The largest absolute Gasteiger partial charge is 0.325 e. The van der Waals surface area contributed by atoms with Crippen LogP contribution in [0.15, 0.2) is 24.3 Å². The fourth-order valence-corrected chi connectivity index (χ4v) is 2.99. The SMILES string of the molecule is CNC1(CC(=O)Nc2ccccc2Cl)CCCCC1. The van der Waals surface area contributed by atoms with Gasteiger partial charge in [-0.15, -0.1) is 0 Å². The molecule has 0 bridgehead atoms. The van der Waals surface area contributed by atoms with Gasteiger partial charge in [0.2, 0.25) is 5.91 Å². The average Bonchev–Trinajstić information content (AvgIpc) is 2.42. The number of hydrogen-bond donors (Lipinski definition) is 2. The summed E-state index contributed by atoms with van der Waals surface area (Å²) in [5.41, 5.74) is 0.653. The fraction of sp³-hybridized carbons (Fsp3) is 0.533. The molecule has 0 saturated heterocycles. The highest BCUT2D eigenvalue weighted by molar-refractivity contribution is 6.33. The van der Waals surface area contributed by atoms with E-state index in [2.05, 4.69) is 10.6 Å². The van der Waals surface area contributed by atoms with Crippen LogP contribution >= 0.6 is 11.6 Å². The zero-order chi connectivity index (χ0) is 13.7. The lowest BCUT2D eigenvalue weighted by molar-refractivity contribution is -0.117. The lowest BCUT2D eigenvalue weighted by atomic mass is 9.79. The van der Waals surface area contributed by atoms with Crippen molar-refractivity contribution in [3.05, 3.63) is 29.3 Å². The fourth-order valence-electron chi connectivity index (χ4n) is 2.81. The zero-order valence-corrected chi connectivity index (χ0v) is 12.1. The van der Waals surface area contributed by atoms with E-state index in [0.29, 0.717) is 17.1 Å². The molecule has 1 aliphatic rings. The van der Waals surface area contributed by atoms with Crippen molar-refractivity contribution in [2.45, 2.75) is 44.1 Å². The minimum absolute atomic E-state index is 0.0318. The van der Waals surface area contributed by atoms with Crippen molar-refractivity contribution in [1.29, 1.82) is 0 Å². The molecule has 2 N–H and O–H groups in total. The summed E-state index contributed by atoms with van der Waals surface area (Å²) in [7, 11) is 1.95. The zero-order valence-electron chi connectivity index (χ0n) is 11.3. The summed E-state index contributed by atoms with van der Waals surface area (Å²) in [6, 6.07) is 7.34. The van der Waals surface area contributed by atoms with Gasteiger partial charge in [-0.3, -0.25) is 4.79 Å². The highest BCUT2D eigenvalue weighted by Gasteiger charge is 2.32. The molecule has 104 valence electrons. The molecule has 19 heavy (non-hydrogen) atoms. The Kier molecular flexibility index (Phi) is 4.83. The molecule has 1 amide bonds. The van der Waals surface area contributed by atoms with Crippen LogP contribution in [-0.2, 0) is 4.79 Å². The third kappa shape index (κ3) is 3.71. The van der Waals surface area contributed by atoms with Gasteiger partial charge in [-0.05, 0) is 32.0 Å². The number of halogens is 1. The van der Waals surface area contributed by atoms with Crippen LogP contribution in [0.4, 0.5) is 5.69 Å². The van der Waals surface area contributed by atoms with E-state index in [-0.39, 0.29) is 11.4 Å². The lowest BCUT2D eigenvalue weighted by Gasteiger charge is -2.36. The lowest BCUT2D eigenvalue weighted by Crippen LogP contribution is -2.47. The Morgan fingerprint density at radius 3 is 2.58 bits per heavy atom. The molecule has 1 aliphatic carbocycles. The molecule has 2 rings (SSSR count). The smallest absolute Gasteiger partial charge is 0.226 e. The van der Waals surface area contributed by atoms with E-state index in [9.17, 15) is 4.79 Å². The highest BCUT2D eigenvalue weighted by atomic mass is 35.5. The van der Waals surface area contributed by atoms with Gasteiger partial charge in [0.1, 0.15) is 0 Å². The number of anilines is 1. The topological polar surface area (TPSA) is 41.1 Å². The molecule has 0 unspecified atom stereocenters. The summed E-state index contributed by atoms with van der Waals surface area (Å²) < 4.78 is 0. The van der Waals surface area contributed by atoms with Crippen molar-refractivity contribution in [3.8, 4) is 0 Å². The first kappa shape index (κ1) is 14.4. The van der Waals surface area contributed by atoms with Crippen molar-refractivity contribution < 1.29 is 4.79 Å². The Morgan fingerprint density at radius 2 is 1.95 bits per heavy atom. The molecular weight excluding hydrogens is 260 g/mol. The Labute approximate surface area is 119 Å². The molecule has 0 atom stereocenters. The van der Waals surface area contributed by atoms with Crippen molar-refractivity contribution in [2.75, 3.05) is 12.4 Å². The summed E-state index contributed by atoms with van der Waals surface area (Å²) in [4.78, 5) is 12.2. The molecule has 0 aliphatic heterocycles. The van der Waals surface area contributed by atoms with Crippen molar-refractivity contribution in [3.63, 3.8) is 0 Å². The number of benzene rings is 1. The molecular formula is C15H21ClN2O. The van der Waals surface area contributed by atoms with Gasteiger partial charge in [0.05, 0.1) is 10.7 Å². The summed E-state index contributed by atoms with van der Waals surface area (Å²) in [5, 5.41) is 6.84. The minimum atomic E-state index is -0.0381. The molecule has 1 aromatic rings. The van der Waals surface area contributed by atoms with Gasteiger partial charge in [0, 0.05) is 12.0 Å². The molecule has 1 aromatic carbocycles. The summed E-state index contributed by atoms with van der Waals surface area (Å²) in [6.45, 7) is 0. The quantitative estimate of drug-likeness (QED) is 0.885. The summed E-state index contributed by atoms with van der Waals surface area (Å²) in [6.07, 6.45) is 6.31. The second-order valence-electron chi connectivity index (χ2n) is 5.30. The van der Waals surface area contributed by atoms with Crippen molar-refractivity contribution in [2.24, 2.45) is 0 Å². The summed E-state index contributed by atoms with van der Waals surface area (Å²) >= 11 is 6.05. The number of amides is 1. The Hall–Kier alpha value is -1.06. The Balaban J connectivity index is 1.98. The first-order chi connectivity index (χ1) is 9.15. The van der Waals surface area contributed by atoms with Crippen LogP contribution in [0.1, 0.15) is 38.5 Å². The van der Waals surface area contributed by atoms with Crippen LogP contribution < -0.4 is 10.6 Å². The summed E-state index contributed by atoms with van der Waals surface area (Å²) in [5.74, 6) is 0.0318. The van der Waals surface area contributed by atoms with E-state index < -0.39 is 0 Å². The van der Waals surface area contributed by atoms with E-state index >= 15 is 0 Å². The monoisotopic (exact) mass is 280 g/mol. The molecule has 4 heteroatoms. The maximum Gasteiger partial charge on any atom is 0.226 e. The maximum absolute atomic E-state index is 12.2. The average molecular weight is 281 g/mol. The van der Waals surface area contributed by atoms with Gasteiger partial charge >= 0.3 is 0 Å². The number of hydrogen-bond acceptors (Lipinski definition) is 2. The van der Waals surface area contributed by atoms with Crippen molar-refractivity contribution >= 4 is 23.2 Å². The van der Waals surface area contributed by atoms with E-state index in [1.807, 2.05) is 25.2 Å².